The van der Waals surface area contributed by atoms with Crippen molar-refractivity contribution >= 4 is 0 Å². The first-order chi connectivity index (χ1) is 8.78. The molecular formula is C12H15F4NO2. The monoisotopic (exact) mass is 281 g/mol. The van der Waals surface area contributed by atoms with Gasteiger partial charge in [0, 0.05) is 24.1 Å². The van der Waals surface area contributed by atoms with Crippen LogP contribution in [0.25, 0.3) is 0 Å². The number of methoxy groups -OCH3 is 2. The van der Waals surface area contributed by atoms with E-state index in [9.17, 15) is 17.6 Å². The molecule has 0 saturated heterocycles. The van der Waals surface area contributed by atoms with Gasteiger partial charge in [0.1, 0.15) is 5.82 Å². The molecule has 0 amide bonds. The van der Waals surface area contributed by atoms with E-state index in [1.165, 1.54) is 20.3 Å². The molecule has 1 aromatic rings. The molecule has 1 atom stereocenters. The first kappa shape index (κ1) is 15.6. The smallest absolute Gasteiger partial charge is 0.389 e. The Kier molecular flexibility index (Phi) is 4.99. The first-order valence-corrected chi connectivity index (χ1v) is 5.52. The lowest BCUT2D eigenvalue weighted by molar-refractivity contribution is -0.136. The molecule has 0 radical (unpaired) electrons. The Morgan fingerprint density at radius 2 is 1.68 bits per heavy atom. The number of nitrogens with two attached hydrogens (primary N) is 1. The van der Waals surface area contributed by atoms with Gasteiger partial charge in [-0.25, -0.2) is 4.39 Å². The number of ether oxygens (including phenoxy) is 2. The summed E-state index contributed by atoms with van der Waals surface area (Å²) in [4.78, 5) is 0. The molecule has 0 spiro atoms. The summed E-state index contributed by atoms with van der Waals surface area (Å²) in [6, 6.07) is 1.25. The fraction of sp³-hybridized carbons (Fsp3) is 0.500. The number of hydrogen-bond acceptors (Lipinski definition) is 3. The van der Waals surface area contributed by atoms with Gasteiger partial charge in [-0.15, -0.1) is 0 Å². The third kappa shape index (κ3) is 4.27. The minimum absolute atomic E-state index is 0.0260. The number of rotatable bonds is 5. The van der Waals surface area contributed by atoms with Gasteiger partial charge in [-0.05, 0) is 12.5 Å². The zero-order valence-corrected chi connectivity index (χ0v) is 10.6. The zero-order chi connectivity index (χ0) is 14.6. The van der Waals surface area contributed by atoms with Crippen molar-refractivity contribution < 1.29 is 27.0 Å². The highest BCUT2D eigenvalue weighted by Gasteiger charge is 2.28. The molecule has 1 rings (SSSR count). The van der Waals surface area contributed by atoms with Crippen molar-refractivity contribution in [1.29, 1.82) is 0 Å². The van der Waals surface area contributed by atoms with E-state index in [2.05, 4.69) is 0 Å². The molecule has 2 N–H and O–H groups in total. The van der Waals surface area contributed by atoms with E-state index >= 15 is 0 Å². The van der Waals surface area contributed by atoms with Crippen LogP contribution < -0.4 is 15.2 Å². The minimum Gasteiger partial charge on any atom is -0.493 e. The standard InChI is InChI=1S/C12H15F4NO2/c1-18-10-5-7(8(13)6-11(10)19-2)9(17)3-4-12(14,15)16/h5-6,9H,3-4,17H2,1-2H3. The summed E-state index contributed by atoms with van der Waals surface area (Å²) in [6.45, 7) is 0. The van der Waals surface area contributed by atoms with Gasteiger partial charge in [-0.3, -0.25) is 0 Å². The molecule has 0 bridgehead atoms. The summed E-state index contributed by atoms with van der Waals surface area (Å²) in [5.74, 6) is -0.333. The molecular weight excluding hydrogens is 266 g/mol. The second kappa shape index (κ2) is 6.10. The Labute approximate surface area is 108 Å². The number of halogens is 4. The fourth-order valence-corrected chi connectivity index (χ4v) is 1.63. The molecule has 0 fully saturated rings. The lowest BCUT2D eigenvalue weighted by atomic mass is 10.0. The Bertz CT molecular complexity index is 434. The molecule has 0 heterocycles. The molecule has 3 nitrogen and oxygen atoms in total. The summed E-state index contributed by atoms with van der Waals surface area (Å²) in [5, 5.41) is 0. The highest BCUT2D eigenvalue weighted by atomic mass is 19.4. The maximum Gasteiger partial charge on any atom is 0.389 e. The third-order valence-electron chi connectivity index (χ3n) is 2.64. The molecule has 0 aliphatic heterocycles. The van der Waals surface area contributed by atoms with Crippen molar-refractivity contribution in [3.63, 3.8) is 0 Å². The molecule has 0 saturated carbocycles. The number of alkyl halides is 3. The Balaban J connectivity index is 2.93. The highest BCUT2D eigenvalue weighted by Crippen LogP contribution is 2.34. The van der Waals surface area contributed by atoms with E-state index < -0.39 is 30.9 Å². The van der Waals surface area contributed by atoms with Crippen LogP contribution in [0.3, 0.4) is 0 Å². The van der Waals surface area contributed by atoms with Crippen LogP contribution >= 0.6 is 0 Å². The van der Waals surface area contributed by atoms with Crippen LogP contribution in [0.2, 0.25) is 0 Å². The normalized spacial score (nSPS) is 13.2. The fourth-order valence-electron chi connectivity index (χ4n) is 1.63. The van der Waals surface area contributed by atoms with Crippen molar-refractivity contribution in [3.8, 4) is 11.5 Å². The predicted molar refractivity (Wildman–Crippen MR) is 61.7 cm³/mol. The quantitative estimate of drug-likeness (QED) is 0.843. The van der Waals surface area contributed by atoms with Crippen molar-refractivity contribution in [1.82, 2.24) is 0 Å². The summed E-state index contributed by atoms with van der Waals surface area (Å²) >= 11 is 0. The molecule has 1 unspecified atom stereocenters. The van der Waals surface area contributed by atoms with Gasteiger partial charge in [-0.2, -0.15) is 13.2 Å². The molecule has 7 heteroatoms. The van der Waals surface area contributed by atoms with Crippen molar-refractivity contribution in [3.05, 3.63) is 23.5 Å². The van der Waals surface area contributed by atoms with E-state index in [1.807, 2.05) is 0 Å². The molecule has 1 aromatic carbocycles. The maximum absolute atomic E-state index is 13.7. The molecule has 0 aliphatic rings. The van der Waals surface area contributed by atoms with E-state index in [-0.39, 0.29) is 17.1 Å². The van der Waals surface area contributed by atoms with Gasteiger partial charge in [0.2, 0.25) is 0 Å². The topological polar surface area (TPSA) is 44.5 Å². The van der Waals surface area contributed by atoms with Crippen LogP contribution in [0.5, 0.6) is 11.5 Å². The van der Waals surface area contributed by atoms with Crippen molar-refractivity contribution in [2.45, 2.75) is 25.1 Å². The van der Waals surface area contributed by atoms with E-state index in [0.717, 1.165) is 6.07 Å². The average Bonchev–Trinajstić information content (AvgIpc) is 2.34. The average molecular weight is 281 g/mol. The van der Waals surface area contributed by atoms with Gasteiger partial charge in [0.25, 0.3) is 0 Å². The lowest BCUT2D eigenvalue weighted by Crippen LogP contribution is -2.17. The van der Waals surface area contributed by atoms with Crippen molar-refractivity contribution in [2.75, 3.05) is 14.2 Å². The van der Waals surface area contributed by atoms with Crippen LogP contribution in [-0.2, 0) is 0 Å². The van der Waals surface area contributed by atoms with Crippen molar-refractivity contribution in [2.24, 2.45) is 5.73 Å². The number of hydrogen-bond donors (Lipinski definition) is 1. The Hall–Kier alpha value is -1.50. The lowest BCUT2D eigenvalue weighted by Gasteiger charge is -2.16. The van der Waals surface area contributed by atoms with Gasteiger partial charge in [0.15, 0.2) is 11.5 Å². The van der Waals surface area contributed by atoms with Gasteiger partial charge in [-0.1, -0.05) is 0 Å². The van der Waals surface area contributed by atoms with Crippen LogP contribution in [0.1, 0.15) is 24.4 Å². The van der Waals surface area contributed by atoms with Crippen LogP contribution in [0, 0.1) is 5.82 Å². The highest BCUT2D eigenvalue weighted by molar-refractivity contribution is 5.44. The second-order valence-electron chi connectivity index (χ2n) is 3.99. The van der Waals surface area contributed by atoms with Gasteiger partial charge < -0.3 is 15.2 Å². The summed E-state index contributed by atoms with van der Waals surface area (Å²) in [7, 11) is 2.68. The van der Waals surface area contributed by atoms with E-state index in [0.29, 0.717) is 0 Å². The van der Waals surface area contributed by atoms with Crippen LogP contribution in [0.4, 0.5) is 17.6 Å². The molecule has 0 aromatic heterocycles. The molecule has 19 heavy (non-hydrogen) atoms. The predicted octanol–water partition coefficient (Wildman–Crippen LogP) is 3.19. The third-order valence-corrected chi connectivity index (χ3v) is 2.64. The molecule has 108 valence electrons. The summed E-state index contributed by atoms with van der Waals surface area (Å²) < 4.78 is 59.9. The van der Waals surface area contributed by atoms with Crippen LogP contribution in [-0.4, -0.2) is 20.4 Å². The maximum atomic E-state index is 13.7. The van der Waals surface area contributed by atoms with E-state index in [4.69, 9.17) is 15.2 Å². The van der Waals surface area contributed by atoms with E-state index in [1.54, 1.807) is 0 Å². The SMILES string of the molecule is COc1cc(F)c(C(N)CCC(F)(F)F)cc1OC. The van der Waals surface area contributed by atoms with Crippen LogP contribution in [0.15, 0.2) is 12.1 Å². The minimum atomic E-state index is -4.31. The largest absolute Gasteiger partial charge is 0.493 e. The first-order valence-electron chi connectivity index (χ1n) is 5.52. The summed E-state index contributed by atoms with van der Waals surface area (Å²) in [5.41, 5.74) is 5.56. The van der Waals surface area contributed by atoms with Gasteiger partial charge in [0.05, 0.1) is 14.2 Å². The zero-order valence-electron chi connectivity index (χ0n) is 10.6. The second-order valence-corrected chi connectivity index (χ2v) is 3.99. The van der Waals surface area contributed by atoms with Gasteiger partial charge >= 0.3 is 6.18 Å². The number of benzene rings is 1. The Morgan fingerprint density at radius 1 is 1.16 bits per heavy atom. The molecule has 0 aliphatic carbocycles. The Morgan fingerprint density at radius 3 is 2.16 bits per heavy atom. The summed E-state index contributed by atoms with van der Waals surface area (Å²) in [6.07, 6.45) is -5.78.